The number of rotatable bonds is 7. The molecular weight excluding hydrogens is 376 g/mol. The van der Waals surface area contributed by atoms with E-state index in [-0.39, 0.29) is 17.6 Å². The van der Waals surface area contributed by atoms with Crippen LogP contribution in [0.2, 0.25) is 0 Å². The van der Waals surface area contributed by atoms with Crippen molar-refractivity contribution in [1.29, 1.82) is 0 Å². The van der Waals surface area contributed by atoms with Gasteiger partial charge in [-0.2, -0.15) is 0 Å². The minimum absolute atomic E-state index is 0.0220. The number of aliphatic carboxylic acids is 1. The Balaban J connectivity index is 1.73. The first-order valence-electron chi connectivity index (χ1n) is 9.65. The smallest absolute Gasteiger partial charge is 0.341 e. The summed E-state index contributed by atoms with van der Waals surface area (Å²) in [6.07, 6.45) is 2.25. The topological polar surface area (TPSA) is 105 Å². The molecule has 1 heterocycles. The molecule has 0 spiro atoms. The van der Waals surface area contributed by atoms with Crippen molar-refractivity contribution in [3.8, 4) is 29.1 Å². The summed E-state index contributed by atoms with van der Waals surface area (Å²) in [6.45, 7) is 3.20. The van der Waals surface area contributed by atoms with E-state index in [1.807, 2.05) is 6.92 Å². The Kier molecular flexibility index (Phi) is 6.68. The van der Waals surface area contributed by atoms with Crippen LogP contribution in [0.25, 0.3) is 0 Å². The molecule has 6 unspecified atom stereocenters. The zero-order valence-corrected chi connectivity index (χ0v) is 16.4. The Labute approximate surface area is 169 Å². The highest BCUT2D eigenvalue weighted by molar-refractivity contribution is 5.68. The van der Waals surface area contributed by atoms with Gasteiger partial charge < -0.3 is 29.5 Å². The van der Waals surface area contributed by atoms with E-state index in [2.05, 4.69) is 11.8 Å². The predicted octanol–water partition coefficient (Wildman–Crippen LogP) is 2.01. The minimum atomic E-state index is -1.09. The van der Waals surface area contributed by atoms with Crippen LogP contribution in [0.5, 0.6) is 17.2 Å². The van der Waals surface area contributed by atoms with Crippen molar-refractivity contribution in [3.63, 3.8) is 0 Å². The van der Waals surface area contributed by atoms with Crippen LogP contribution >= 0.6 is 0 Å². The Bertz CT molecular complexity index is 822. The third kappa shape index (κ3) is 4.84. The van der Waals surface area contributed by atoms with Gasteiger partial charge in [0.2, 0.25) is 5.75 Å². The van der Waals surface area contributed by atoms with Gasteiger partial charge in [0.15, 0.2) is 18.1 Å². The van der Waals surface area contributed by atoms with Crippen molar-refractivity contribution in [2.75, 3.05) is 6.61 Å². The molecule has 1 aromatic carbocycles. The largest absolute Gasteiger partial charge is 0.482 e. The lowest BCUT2D eigenvalue weighted by molar-refractivity contribution is -0.139. The summed E-state index contributed by atoms with van der Waals surface area (Å²) >= 11 is 0. The molecular formula is C22H26O7. The van der Waals surface area contributed by atoms with E-state index in [4.69, 9.17) is 19.3 Å². The molecule has 1 aliphatic heterocycles. The third-order valence-corrected chi connectivity index (χ3v) is 5.20. The maximum absolute atomic E-state index is 10.8. The number of hydrogen-bond donors (Lipinski definition) is 3. The molecule has 0 saturated heterocycles. The van der Waals surface area contributed by atoms with E-state index in [0.717, 1.165) is 0 Å². The van der Waals surface area contributed by atoms with E-state index in [1.54, 1.807) is 37.3 Å². The second-order valence-corrected chi connectivity index (χ2v) is 7.37. The summed E-state index contributed by atoms with van der Waals surface area (Å²) in [5.41, 5.74) is 0. The summed E-state index contributed by atoms with van der Waals surface area (Å²) in [5.74, 6) is 5.41. The molecule has 7 nitrogen and oxygen atoms in total. The number of fused-ring (bicyclic) bond motifs is 2. The maximum atomic E-state index is 10.8. The number of carbonyl (C=O) groups is 1. The lowest BCUT2D eigenvalue weighted by Crippen LogP contribution is -2.39. The van der Waals surface area contributed by atoms with E-state index in [0.29, 0.717) is 24.3 Å². The number of hydrogen-bond acceptors (Lipinski definition) is 6. The van der Waals surface area contributed by atoms with Gasteiger partial charge in [-0.25, -0.2) is 4.79 Å². The summed E-state index contributed by atoms with van der Waals surface area (Å²) in [7, 11) is 0. The first kappa shape index (κ1) is 21.0. The SMILES string of the molecule is CC#CCC(C)C(O)/C=C/C1C(O)CC2Oc3c(OCC(=O)O)cccc3OC21. The molecule has 0 radical (unpaired) electrons. The van der Waals surface area contributed by atoms with E-state index >= 15 is 0 Å². The third-order valence-electron chi connectivity index (χ3n) is 5.20. The Morgan fingerprint density at radius 1 is 1.41 bits per heavy atom. The number of aliphatic hydroxyl groups is 2. The van der Waals surface area contributed by atoms with Gasteiger partial charge in [-0.15, -0.1) is 11.8 Å². The van der Waals surface area contributed by atoms with Gasteiger partial charge in [0.25, 0.3) is 0 Å². The highest BCUT2D eigenvalue weighted by Gasteiger charge is 2.47. The molecule has 0 aromatic heterocycles. The second-order valence-electron chi connectivity index (χ2n) is 7.37. The fraction of sp³-hybridized carbons (Fsp3) is 0.500. The molecule has 2 aliphatic rings. The molecule has 1 fully saturated rings. The fourth-order valence-corrected chi connectivity index (χ4v) is 3.57. The highest BCUT2D eigenvalue weighted by Crippen LogP contribution is 2.46. The maximum Gasteiger partial charge on any atom is 0.341 e. The predicted molar refractivity (Wildman–Crippen MR) is 105 cm³/mol. The standard InChI is InChI=1S/C22H26O7/c1-3-4-6-13(2)15(23)10-9-14-16(24)11-19-21(14)28-18-8-5-7-17(22(18)29-19)27-12-20(25)26/h5,7-10,13-16,19,21,23-24H,6,11-12H2,1-2H3,(H,25,26)/b10-9+. The van der Waals surface area contributed by atoms with Crippen molar-refractivity contribution >= 4 is 5.97 Å². The summed E-state index contributed by atoms with van der Waals surface area (Å²) in [6, 6.07) is 5.02. The molecule has 3 N–H and O–H groups in total. The molecule has 156 valence electrons. The van der Waals surface area contributed by atoms with Gasteiger partial charge in [0.05, 0.1) is 12.2 Å². The van der Waals surface area contributed by atoms with Gasteiger partial charge in [-0.1, -0.05) is 25.1 Å². The number of aliphatic hydroxyl groups excluding tert-OH is 2. The van der Waals surface area contributed by atoms with Crippen molar-refractivity contribution in [1.82, 2.24) is 0 Å². The number of carboxylic acid groups (broad SMARTS) is 1. The molecule has 29 heavy (non-hydrogen) atoms. The first-order chi connectivity index (χ1) is 13.9. The van der Waals surface area contributed by atoms with Crippen LogP contribution < -0.4 is 14.2 Å². The number of carboxylic acids is 1. The Morgan fingerprint density at radius 3 is 2.93 bits per heavy atom. The summed E-state index contributed by atoms with van der Waals surface area (Å²) in [4.78, 5) is 10.8. The van der Waals surface area contributed by atoms with Gasteiger partial charge in [0, 0.05) is 18.8 Å². The van der Waals surface area contributed by atoms with Gasteiger partial charge in [-0.3, -0.25) is 0 Å². The molecule has 1 saturated carbocycles. The Morgan fingerprint density at radius 2 is 2.21 bits per heavy atom. The lowest BCUT2D eigenvalue weighted by Gasteiger charge is -2.32. The summed E-state index contributed by atoms with van der Waals surface area (Å²) < 4.78 is 17.4. The van der Waals surface area contributed by atoms with E-state index in [9.17, 15) is 15.0 Å². The molecule has 3 rings (SSSR count). The van der Waals surface area contributed by atoms with Crippen LogP contribution in [0.1, 0.15) is 26.7 Å². The van der Waals surface area contributed by atoms with Crippen LogP contribution in [0.15, 0.2) is 30.4 Å². The van der Waals surface area contributed by atoms with Crippen LogP contribution in [0, 0.1) is 23.7 Å². The minimum Gasteiger partial charge on any atom is -0.482 e. The van der Waals surface area contributed by atoms with Crippen molar-refractivity contribution < 1.29 is 34.3 Å². The Hall–Kier alpha value is -2.69. The normalized spacial score (nSPS) is 26.9. The van der Waals surface area contributed by atoms with Crippen molar-refractivity contribution in [2.45, 2.75) is 51.1 Å². The van der Waals surface area contributed by atoms with Crippen LogP contribution in [-0.2, 0) is 4.79 Å². The molecule has 1 aromatic rings. The lowest BCUT2D eigenvalue weighted by atomic mass is 9.96. The highest BCUT2D eigenvalue weighted by atomic mass is 16.6. The number of benzene rings is 1. The summed E-state index contributed by atoms with van der Waals surface area (Å²) in [5, 5.41) is 29.6. The molecule has 0 bridgehead atoms. The monoisotopic (exact) mass is 402 g/mol. The first-order valence-corrected chi connectivity index (χ1v) is 9.65. The van der Waals surface area contributed by atoms with Gasteiger partial charge in [-0.05, 0) is 25.0 Å². The van der Waals surface area contributed by atoms with Gasteiger partial charge >= 0.3 is 5.97 Å². The van der Waals surface area contributed by atoms with E-state index in [1.165, 1.54) is 0 Å². The molecule has 0 amide bonds. The van der Waals surface area contributed by atoms with Crippen molar-refractivity contribution in [3.05, 3.63) is 30.4 Å². The average Bonchev–Trinajstić information content (AvgIpc) is 3.00. The van der Waals surface area contributed by atoms with Gasteiger partial charge in [0.1, 0.15) is 12.2 Å². The molecule has 1 aliphatic carbocycles. The van der Waals surface area contributed by atoms with Crippen LogP contribution in [0.3, 0.4) is 0 Å². The second kappa shape index (κ2) is 9.21. The number of ether oxygens (including phenoxy) is 3. The molecule has 7 heteroatoms. The van der Waals surface area contributed by atoms with E-state index < -0.39 is 37.0 Å². The molecule has 6 atom stereocenters. The quantitative estimate of drug-likeness (QED) is 0.473. The van der Waals surface area contributed by atoms with Crippen LogP contribution in [-0.4, -0.2) is 52.3 Å². The number of para-hydroxylation sites is 1. The fourth-order valence-electron chi connectivity index (χ4n) is 3.57. The van der Waals surface area contributed by atoms with Crippen LogP contribution in [0.4, 0.5) is 0 Å². The zero-order chi connectivity index (χ0) is 21.0. The zero-order valence-electron chi connectivity index (χ0n) is 16.4. The average molecular weight is 402 g/mol. The van der Waals surface area contributed by atoms with Crippen molar-refractivity contribution in [2.24, 2.45) is 11.8 Å².